The number of hydrogen-bond acceptors (Lipinski definition) is 2. The number of nitrogens with one attached hydrogen (secondary N) is 2. The van der Waals surface area contributed by atoms with E-state index in [4.69, 9.17) is 0 Å². The maximum Gasteiger partial charge on any atom is -0.000837 e. The van der Waals surface area contributed by atoms with Crippen molar-refractivity contribution < 1.29 is 0 Å². The van der Waals surface area contributed by atoms with Gasteiger partial charge in [0, 0.05) is 0 Å². The van der Waals surface area contributed by atoms with E-state index in [0.29, 0.717) is 0 Å². The Kier molecular flexibility index (Phi) is 7.96. The van der Waals surface area contributed by atoms with Crippen LogP contribution in [0.3, 0.4) is 0 Å². The zero-order chi connectivity index (χ0) is 8.53. The predicted octanol–water partition coefficient (Wildman–Crippen LogP) is 1.23. The second-order valence-electron chi connectivity index (χ2n) is 2.77. The first-order valence-electron chi connectivity index (χ1n) is 4.79. The fraction of sp³-hybridized carbons (Fsp3) is 1.00. The van der Waals surface area contributed by atoms with Gasteiger partial charge >= 0.3 is 0 Å². The van der Waals surface area contributed by atoms with Crippen LogP contribution in [0.15, 0.2) is 0 Å². The molecule has 0 amide bonds. The Balaban J connectivity index is 0.000000461. The molecule has 1 heterocycles. The monoisotopic (exact) mass is 158 g/mol. The van der Waals surface area contributed by atoms with Gasteiger partial charge in [0.05, 0.1) is 0 Å². The van der Waals surface area contributed by atoms with Crippen LogP contribution in [-0.2, 0) is 0 Å². The van der Waals surface area contributed by atoms with Gasteiger partial charge in [-0.3, -0.25) is 0 Å². The highest BCUT2D eigenvalue weighted by atomic mass is 14.9. The highest BCUT2D eigenvalue weighted by molar-refractivity contribution is 4.69. The summed E-state index contributed by atoms with van der Waals surface area (Å²) in [6.07, 6.45) is 2.75. The molecule has 1 aliphatic rings. The van der Waals surface area contributed by atoms with E-state index in [1.54, 1.807) is 0 Å². The molecule has 0 saturated carbocycles. The average molecular weight is 158 g/mol. The Morgan fingerprint density at radius 1 is 1.45 bits per heavy atom. The summed E-state index contributed by atoms with van der Waals surface area (Å²) in [7, 11) is 2.02. The third-order valence-electron chi connectivity index (χ3n) is 1.89. The molecule has 0 aromatic carbocycles. The molecular weight excluding hydrogens is 136 g/mol. The first kappa shape index (κ1) is 10.9. The van der Waals surface area contributed by atoms with E-state index in [1.165, 1.54) is 32.5 Å². The van der Waals surface area contributed by atoms with Crippen LogP contribution in [0.25, 0.3) is 0 Å². The smallest absolute Gasteiger partial charge is 0.000837 e. The number of piperidine rings is 1. The molecular formula is C9H22N2. The molecule has 1 saturated heterocycles. The van der Waals surface area contributed by atoms with Crippen molar-refractivity contribution in [3.8, 4) is 0 Å². The molecule has 11 heavy (non-hydrogen) atoms. The molecule has 0 radical (unpaired) electrons. The Labute approximate surface area is 70.8 Å². The van der Waals surface area contributed by atoms with Gasteiger partial charge in [-0.15, -0.1) is 0 Å². The Hall–Kier alpha value is -0.0800. The maximum atomic E-state index is 3.38. The van der Waals surface area contributed by atoms with Gasteiger partial charge in [-0.1, -0.05) is 13.8 Å². The van der Waals surface area contributed by atoms with Crippen LogP contribution in [0.2, 0.25) is 0 Å². The topological polar surface area (TPSA) is 24.1 Å². The van der Waals surface area contributed by atoms with Gasteiger partial charge in [-0.2, -0.15) is 0 Å². The fourth-order valence-electron chi connectivity index (χ4n) is 1.39. The molecule has 2 N–H and O–H groups in total. The summed E-state index contributed by atoms with van der Waals surface area (Å²) in [6, 6.07) is 0. The van der Waals surface area contributed by atoms with E-state index in [9.17, 15) is 0 Å². The van der Waals surface area contributed by atoms with Crippen LogP contribution in [0.1, 0.15) is 26.7 Å². The summed E-state index contributed by atoms with van der Waals surface area (Å²) >= 11 is 0. The van der Waals surface area contributed by atoms with Crippen LogP contribution in [-0.4, -0.2) is 26.7 Å². The summed E-state index contributed by atoms with van der Waals surface area (Å²) in [6.45, 7) is 7.61. The lowest BCUT2D eigenvalue weighted by atomic mass is 10.00. The minimum Gasteiger partial charge on any atom is -0.319 e. The van der Waals surface area contributed by atoms with Gasteiger partial charge in [0.1, 0.15) is 0 Å². The van der Waals surface area contributed by atoms with E-state index in [2.05, 4.69) is 10.6 Å². The minimum atomic E-state index is 0.878. The molecule has 1 unspecified atom stereocenters. The maximum absolute atomic E-state index is 3.38. The molecule has 0 spiro atoms. The molecule has 1 rings (SSSR count). The Bertz CT molecular complexity index is 65.2. The quantitative estimate of drug-likeness (QED) is 0.631. The average Bonchev–Trinajstić information content (AvgIpc) is 2.11. The van der Waals surface area contributed by atoms with E-state index < -0.39 is 0 Å². The molecule has 0 aliphatic carbocycles. The van der Waals surface area contributed by atoms with Crippen molar-refractivity contribution in [3.63, 3.8) is 0 Å². The molecule has 0 aromatic heterocycles. The van der Waals surface area contributed by atoms with Crippen molar-refractivity contribution in [2.24, 2.45) is 5.92 Å². The van der Waals surface area contributed by atoms with E-state index in [1.807, 2.05) is 20.9 Å². The van der Waals surface area contributed by atoms with Crippen molar-refractivity contribution in [1.29, 1.82) is 0 Å². The van der Waals surface area contributed by atoms with Crippen molar-refractivity contribution >= 4 is 0 Å². The summed E-state index contributed by atoms with van der Waals surface area (Å²) in [5, 5.41) is 6.58. The highest BCUT2D eigenvalue weighted by Gasteiger charge is 2.10. The molecule has 0 aromatic rings. The lowest BCUT2D eigenvalue weighted by Crippen LogP contribution is -2.34. The highest BCUT2D eigenvalue weighted by Crippen LogP contribution is 2.07. The molecule has 1 aliphatic heterocycles. The molecule has 2 nitrogen and oxygen atoms in total. The second-order valence-corrected chi connectivity index (χ2v) is 2.77. The van der Waals surface area contributed by atoms with E-state index >= 15 is 0 Å². The number of rotatable bonds is 2. The normalized spacial score (nSPS) is 23.7. The number of hydrogen-bond donors (Lipinski definition) is 2. The molecule has 1 fully saturated rings. The Morgan fingerprint density at radius 2 is 2.18 bits per heavy atom. The fourth-order valence-corrected chi connectivity index (χ4v) is 1.39. The van der Waals surface area contributed by atoms with Gasteiger partial charge < -0.3 is 10.6 Å². The standard InChI is InChI=1S/C7H16N2.C2H6/c1-8-5-7-3-2-4-9-6-7;1-2/h7-9H,2-6H2,1H3;1-2H3. The predicted molar refractivity (Wildman–Crippen MR) is 50.9 cm³/mol. The van der Waals surface area contributed by atoms with Crippen LogP contribution in [0, 0.1) is 5.92 Å². The third-order valence-corrected chi connectivity index (χ3v) is 1.89. The van der Waals surface area contributed by atoms with Gasteiger partial charge in [0.25, 0.3) is 0 Å². The van der Waals surface area contributed by atoms with Crippen LogP contribution >= 0.6 is 0 Å². The molecule has 68 valence electrons. The largest absolute Gasteiger partial charge is 0.319 e. The summed E-state index contributed by atoms with van der Waals surface area (Å²) < 4.78 is 0. The molecule has 0 bridgehead atoms. The van der Waals surface area contributed by atoms with Crippen molar-refractivity contribution in [2.45, 2.75) is 26.7 Å². The second kappa shape index (κ2) is 8.02. The lowest BCUT2D eigenvalue weighted by Gasteiger charge is -2.21. The van der Waals surface area contributed by atoms with Crippen LogP contribution in [0.5, 0.6) is 0 Å². The first-order chi connectivity index (χ1) is 5.43. The lowest BCUT2D eigenvalue weighted by molar-refractivity contribution is 0.368. The van der Waals surface area contributed by atoms with E-state index in [-0.39, 0.29) is 0 Å². The Morgan fingerprint density at radius 3 is 2.64 bits per heavy atom. The van der Waals surface area contributed by atoms with Crippen molar-refractivity contribution in [1.82, 2.24) is 10.6 Å². The van der Waals surface area contributed by atoms with E-state index in [0.717, 1.165) is 5.92 Å². The molecule has 2 heteroatoms. The van der Waals surface area contributed by atoms with Gasteiger partial charge in [0.15, 0.2) is 0 Å². The zero-order valence-corrected chi connectivity index (χ0v) is 8.11. The van der Waals surface area contributed by atoms with Crippen LogP contribution < -0.4 is 10.6 Å². The minimum absolute atomic E-state index is 0.878. The summed E-state index contributed by atoms with van der Waals surface area (Å²) in [5.74, 6) is 0.878. The molecule has 1 atom stereocenters. The SMILES string of the molecule is CC.CNCC1CCCNC1. The van der Waals surface area contributed by atoms with Gasteiger partial charge in [-0.25, -0.2) is 0 Å². The van der Waals surface area contributed by atoms with Crippen molar-refractivity contribution in [2.75, 3.05) is 26.7 Å². The van der Waals surface area contributed by atoms with Crippen LogP contribution in [0.4, 0.5) is 0 Å². The summed E-state index contributed by atoms with van der Waals surface area (Å²) in [5.41, 5.74) is 0. The summed E-state index contributed by atoms with van der Waals surface area (Å²) in [4.78, 5) is 0. The first-order valence-corrected chi connectivity index (χ1v) is 4.79. The third kappa shape index (κ3) is 5.22. The van der Waals surface area contributed by atoms with Gasteiger partial charge in [-0.05, 0) is 45.4 Å². The van der Waals surface area contributed by atoms with Gasteiger partial charge in [0.2, 0.25) is 0 Å². The zero-order valence-electron chi connectivity index (χ0n) is 8.11. The van der Waals surface area contributed by atoms with Crippen molar-refractivity contribution in [3.05, 3.63) is 0 Å².